The Bertz CT molecular complexity index is 348. The first-order chi connectivity index (χ1) is 9.13. The summed E-state index contributed by atoms with van der Waals surface area (Å²) in [6.07, 6.45) is 2.43. The summed E-state index contributed by atoms with van der Waals surface area (Å²) in [6.45, 7) is 8.64. The second kappa shape index (κ2) is 8.18. The van der Waals surface area contributed by atoms with Gasteiger partial charge in [-0.1, -0.05) is 32.4 Å². The van der Waals surface area contributed by atoms with Crippen molar-refractivity contribution in [2.24, 2.45) is 5.73 Å². The normalized spacial score (nSPS) is 14.4. The first kappa shape index (κ1) is 16.0. The summed E-state index contributed by atoms with van der Waals surface area (Å²) >= 11 is 0. The van der Waals surface area contributed by atoms with E-state index in [1.165, 1.54) is 18.4 Å². The molecule has 1 rings (SSSR count). The van der Waals surface area contributed by atoms with E-state index in [1.54, 1.807) is 7.11 Å². The molecule has 0 aliphatic rings. The molecule has 3 nitrogen and oxygen atoms in total. The average molecular weight is 264 g/mol. The summed E-state index contributed by atoms with van der Waals surface area (Å²) in [4.78, 5) is 2.47. The molecular formula is C16H28N2O. The molecule has 1 aromatic carbocycles. The van der Waals surface area contributed by atoms with Crippen LogP contribution in [0.1, 0.15) is 45.2 Å². The summed E-state index contributed by atoms with van der Waals surface area (Å²) in [5.41, 5.74) is 7.49. The van der Waals surface area contributed by atoms with Crippen molar-refractivity contribution in [2.75, 3.05) is 20.2 Å². The number of nitrogens with zero attached hydrogens (tertiary/aromatic N) is 1. The van der Waals surface area contributed by atoms with Gasteiger partial charge in [0.15, 0.2) is 0 Å². The third kappa shape index (κ3) is 4.51. The quantitative estimate of drug-likeness (QED) is 0.783. The van der Waals surface area contributed by atoms with Crippen LogP contribution in [0.4, 0.5) is 0 Å². The molecule has 2 atom stereocenters. The van der Waals surface area contributed by atoms with Crippen LogP contribution in [-0.2, 0) is 0 Å². The largest absolute Gasteiger partial charge is 0.497 e. The van der Waals surface area contributed by atoms with Crippen LogP contribution < -0.4 is 10.5 Å². The molecule has 3 heteroatoms. The molecule has 0 bridgehead atoms. The number of benzene rings is 1. The molecule has 0 amide bonds. The van der Waals surface area contributed by atoms with E-state index in [0.29, 0.717) is 0 Å². The van der Waals surface area contributed by atoms with Crippen LogP contribution in [0, 0.1) is 0 Å². The molecule has 0 saturated carbocycles. The van der Waals surface area contributed by atoms with Crippen LogP contribution in [0.15, 0.2) is 24.3 Å². The van der Waals surface area contributed by atoms with Gasteiger partial charge in [0.25, 0.3) is 0 Å². The van der Waals surface area contributed by atoms with E-state index < -0.39 is 0 Å². The maximum atomic E-state index is 6.21. The SMILES string of the molecule is CCCCN(CC)C(c1ccc(OC)cc1)C(C)N. The van der Waals surface area contributed by atoms with Crippen LogP contribution >= 0.6 is 0 Å². The molecule has 0 radical (unpaired) electrons. The Hall–Kier alpha value is -1.06. The molecule has 0 heterocycles. The van der Waals surface area contributed by atoms with Crippen molar-refractivity contribution in [3.63, 3.8) is 0 Å². The van der Waals surface area contributed by atoms with Crippen molar-refractivity contribution in [3.8, 4) is 5.75 Å². The maximum absolute atomic E-state index is 6.21. The minimum Gasteiger partial charge on any atom is -0.497 e. The molecule has 0 fully saturated rings. The standard InChI is InChI=1S/C16H28N2O/c1-5-7-12-18(6-2)16(13(3)17)14-8-10-15(19-4)11-9-14/h8-11,13,16H,5-7,12,17H2,1-4H3. The highest BCUT2D eigenvalue weighted by Gasteiger charge is 2.22. The lowest BCUT2D eigenvalue weighted by atomic mass is 9.98. The number of ether oxygens (including phenoxy) is 1. The Morgan fingerprint density at radius 1 is 1.21 bits per heavy atom. The fraction of sp³-hybridized carbons (Fsp3) is 0.625. The Morgan fingerprint density at radius 2 is 1.84 bits per heavy atom. The number of unbranched alkanes of at least 4 members (excludes halogenated alkanes) is 1. The monoisotopic (exact) mass is 264 g/mol. The van der Waals surface area contributed by atoms with Crippen LogP contribution in [0.5, 0.6) is 5.75 Å². The minimum absolute atomic E-state index is 0.116. The van der Waals surface area contributed by atoms with Gasteiger partial charge in [0.05, 0.1) is 7.11 Å². The maximum Gasteiger partial charge on any atom is 0.118 e. The zero-order valence-electron chi connectivity index (χ0n) is 12.7. The summed E-state index contributed by atoms with van der Waals surface area (Å²) in [7, 11) is 1.69. The lowest BCUT2D eigenvalue weighted by molar-refractivity contribution is 0.183. The van der Waals surface area contributed by atoms with E-state index >= 15 is 0 Å². The smallest absolute Gasteiger partial charge is 0.118 e. The minimum atomic E-state index is 0.116. The molecule has 0 aromatic heterocycles. The Morgan fingerprint density at radius 3 is 2.26 bits per heavy atom. The van der Waals surface area contributed by atoms with Gasteiger partial charge in [0, 0.05) is 12.1 Å². The Labute approximate surface area is 117 Å². The first-order valence-corrected chi connectivity index (χ1v) is 7.27. The van der Waals surface area contributed by atoms with Crippen molar-refractivity contribution in [1.29, 1.82) is 0 Å². The van der Waals surface area contributed by atoms with Gasteiger partial charge in [-0.3, -0.25) is 4.90 Å². The lowest BCUT2D eigenvalue weighted by Gasteiger charge is -2.34. The van der Waals surface area contributed by atoms with Gasteiger partial charge in [-0.25, -0.2) is 0 Å². The molecule has 0 saturated heterocycles. The van der Waals surface area contributed by atoms with Gasteiger partial charge >= 0.3 is 0 Å². The van der Waals surface area contributed by atoms with E-state index in [1.807, 2.05) is 12.1 Å². The van der Waals surface area contributed by atoms with Gasteiger partial charge < -0.3 is 10.5 Å². The van der Waals surface area contributed by atoms with Crippen molar-refractivity contribution in [1.82, 2.24) is 4.90 Å². The van der Waals surface area contributed by atoms with Crippen molar-refractivity contribution in [2.45, 2.75) is 45.7 Å². The second-order valence-corrected chi connectivity index (χ2v) is 5.06. The molecule has 19 heavy (non-hydrogen) atoms. The molecule has 2 unspecified atom stereocenters. The molecule has 1 aromatic rings. The van der Waals surface area contributed by atoms with Crippen LogP contribution in [0.2, 0.25) is 0 Å². The van der Waals surface area contributed by atoms with E-state index in [-0.39, 0.29) is 12.1 Å². The molecule has 0 spiro atoms. The third-order valence-corrected chi connectivity index (χ3v) is 3.55. The number of likely N-dealkylation sites (N-methyl/N-ethyl adjacent to an activating group) is 1. The summed E-state index contributed by atoms with van der Waals surface area (Å²) in [6, 6.07) is 8.67. The number of nitrogens with two attached hydrogens (primary N) is 1. The lowest BCUT2D eigenvalue weighted by Crippen LogP contribution is -2.40. The molecule has 108 valence electrons. The fourth-order valence-electron chi connectivity index (χ4n) is 2.50. The van der Waals surface area contributed by atoms with Crippen LogP contribution in [0.3, 0.4) is 0 Å². The Kier molecular flexibility index (Phi) is 6.89. The van der Waals surface area contributed by atoms with E-state index in [2.05, 4.69) is 37.8 Å². The zero-order chi connectivity index (χ0) is 14.3. The molecule has 2 N–H and O–H groups in total. The number of rotatable bonds is 8. The number of methoxy groups -OCH3 is 1. The van der Waals surface area contributed by atoms with Crippen LogP contribution in [0.25, 0.3) is 0 Å². The average Bonchev–Trinajstić information content (AvgIpc) is 2.43. The fourth-order valence-corrected chi connectivity index (χ4v) is 2.50. The van der Waals surface area contributed by atoms with Gasteiger partial charge in [-0.05, 0) is 44.1 Å². The van der Waals surface area contributed by atoms with Crippen LogP contribution in [-0.4, -0.2) is 31.1 Å². The highest BCUT2D eigenvalue weighted by atomic mass is 16.5. The highest BCUT2D eigenvalue weighted by Crippen LogP contribution is 2.25. The number of hydrogen-bond acceptors (Lipinski definition) is 3. The van der Waals surface area contributed by atoms with Gasteiger partial charge in [-0.2, -0.15) is 0 Å². The third-order valence-electron chi connectivity index (χ3n) is 3.55. The summed E-state index contributed by atoms with van der Waals surface area (Å²) in [5.74, 6) is 0.892. The van der Waals surface area contributed by atoms with Crippen molar-refractivity contribution >= 4 is 0 Å². The topological polar surface area (TPSA) is 38.5 Å². The predicted molar refractivity (Wildman–Crippen MR) is 81.5 cm³/mol. The Balaban J connectivity index is 2.90. The van der Waals surface area contributed by atoms with E-state index in [0.717, 1.165) is 18.8 Å². The predicted octanol–water partition coefficient (Wildman–Crippen LogP) is 3.21. The second-order valence-electron chi connectivity index (χ2n) is 5.06. The molecular weight excluding hydrogens is 236 g/mol. The van der Waals surface area contributed by atoms with E-state index in [4.69, 9.17) is 10.5 Å². The van der Waals surface area contributed by atoms with Crippen molar-refractivity contribution < 1.29 is 4.74 Å². The molecule has 0 aliphatic carbocycles. The highest BCUT2D eigenvalue weighted by molar-refractivity contribution is 5.29. The van der Waals surface area contributed by atoms with Gasteiger partial charge in [-0.15, -0.1) is 0 Å². The van der Waals surface area contributed by atoms with E-state index in [9.17, 15) is 0 Å². The molecule has 0 aliphatic heterocycles. The zero-order valence-corrected chi connectivity index (χ0v) is 12.7. The van der Waals surface area contributed by atoms with Gasteiger partial charge in [0.2, 0.25) is 0 Å². The van der Waals surface area contributed by atoms with Gasteiger partial charge in [0.1, 0.15) is 5.75 Å². The van der Waals surface area contributed by atoms with Crippen molar-refractivity contribution in [3.05, 3.63) is 29.8 Å². The number of hydrogen-bond donors (Lipinski definition) is 1. The summed E-state index contributed by atoms with van der Waals surface area (Å²) in [5, 5.41) is 0. The first-order valence-electron chi connectivity index (χ1n) is 7.27. The summed E-state index contributed by atoms with van der Waals surface area (Å²) < 4.78 is 5.22.